The molecule has 0 radical (unpaired) electrons. The number of rotatable bonds is 0. The summed E-state index contributed by atoms with van der Waals surface area (Å²) in [5, 5.41) is 9.79. The van der Waals surface area contributed by atoms with Gasteiger partial charge in [0.15, 0.2) is 0 Å². The fraction of sp³-hybridized carbons (Fsp3) is 0. The molecule has 0 aliphatic heterocycles. The molecule has 0 saturated carbocycles. The number of hydrogen-bond donors (Lipinski definition) is 0. The molecule has 0 aliphatic carbocycles. The number of benzene rings is 1. The molecule has 3 aromatic rings. The Hall–Kier alpha value is -1.78. The second-order valence-corrected chi connectivity index (χ2v) is 4.08. The minimum Gasteiger partial charge on any atom is -0.253 e. The largest absolute Gasteiger partial charge is 0.253 e. The summed E-state index contributed by atoms with van der Waals surface area (Å²) in [6.07, 6.45) is 5.05. The van der Waals surface area contributed by atoms with Gasteiger partial charge in [-0.15, -0.1) is 11.3 Å². The molecular formula is C13H12ClN3S. The van der Waals surface area contributed by atoms with Crippen molar-refractivity contribution in [2.24, 2.45) is 0 Å². The van der Waals surface area contributed by atoms with Gasteiger partial charge in [-0.25, -0.2) is 0 Å². The Labute approximate surface area is 115 Å². The van der Waals surface area contributed by atoms with Crippen molar-refractivity contribution in [3.63, 3.8) is 0 Å². The molecule has 2 aromatic heterocycles. The molecule has 0 N–H and O–H groups in total. The first-order chi connectivity index (χ1) is 8.89. The van der Waals surface area contributed by atoms with Gasteiger partial charge < -0.3 is 0 Å². The summed E-state index contributed by atoms with van der Waals surface area (Å²) in [5.74, 6) is 0. The van der Waals surface area contributed by atoms with Crippen LogP contribution < -0.4 is 0 Å². The second kappa shape index (κ2) is 10.4. The van der Waals surface area contributed by atoms with Gasteiger partial charge in [-0.3, -0.25) is 4.98 Å². The summed E-state index contributed by atoms with van der Waals surface area (Å²) in [6.45, 7) is 0. The van der Waals surface area contributed by atoms with E-state index in [9.17, 15) is 0 Å². The molecule has 3 nitrogen and oxygen atoms in total. The standard InChI is InChI=1S/C6H5Cl.C4H4N2.C3H3NS/c7-6-4-2-1-3-5-6;1-2-4-6-5-3-1;1-2-5-3-4-1/h1-5H;1-4H;1-3H. The van der Waals surface area contributed by atoms with Gasteiger partial charge >= 0.3 is 0 Å². The molecular weight excluding hydrogens is 266 g/mol. The summed E-state index contributed by atoms with van der Waals surface area (Å²) < 4.78 is 0. The van der Waals surface area contributed by atoms with Crippen LogP contribution in [0.3, 0.4) is 0 Å². The second-order valence-electron chi connectivity index (χ2n) is 2.89. The molecule has 18 heavy (non-hydrogen) atoms. The fourth-order valence-corrected chi connectivity index (χ4v) is 1.34. The number of thiazole rings is 1. The molecule has 0 spiro atoms. The third-order valence-electron chi connectivity index (χ3n) is 1.56. The van der Waals surface area contributed by atoms with Crippen molar-refractivity contribution in [3.8, 4) is 0 Å². The van der Waals surface area contributed by atoms with E-state index in [-0.39, 0.29) is 0 Å². The molecule has 0 aliphatic rings. The summed E-state index contributed by atoms with van der Waals surface area (Å²) in [7, 11) is 0. The van der Waals surface area contributed by atoms with Gasteiger partial charge in [0.25, 0.3) is 0 Å². The average molecular weight is 278 g/mol. The molecule has 0 atom stereocenters. The molecule has 0 unspecified atom stereocenters. The van der Waals surface area contributed by atoms with E-state index in [1.54, 1.807) is 35.4 Å². The maximum atomic E-state index is 5.54. The Morgan fingerprint density at radius 2 is 1.50 bits per heavy atom. The molecule has 92 valence electrons. The van der Waals surface area contributed by atoms with Crippen molar-refractivity contribution < 1.29 is 0 Å². The van der Waals surface area contributed by atoms with E-state index in [0.29, 0.717) is 0 Å². The van der Waals surface area contributed by atoms with E-state index < -0.39 is 0 Å². The quantitative estimate of drug-likeness (QED) is 0.624. The lowest BCUT2D eigenvalue weighted by atomic mass is 10.4. The zero-order chi connectivity index (χ0) is 12.9. The zero-order valence-electron chi connectivity index (χ0n) is 9.56. The maximum Gasteiger partial charge on any atom is 0.0791 e. The predicted molar refractivity (Wildman–Crippen MR) is 75.6 cm³/mol. The molecule has 0 bridgehead atoms. The van der Waals surface area contributed by atoms with Gasteiger partial charge in [0.05, 0.1) is 5.51 Å². The third kappa shape index (κ3) is 8.38. The van der Waals surface area contributed by atoms with Crippen LogP contribution in [-0.2, 0) is 0 Å². The Balaban J connectivity index is 0.000000137. The third-order valence-corrected chi connectivity index (χ3v) is 2.34. The normalized spacial score (nSPS) is 8.28. The lowest BCUT2D eigenvalue weighted by Gasteiger charge is -1.80. The number of aromatic nitrogens is 3. The summed E-state index contributed by atoms with van der Waals surface area (Å²) in [6, 6.07) is 13.1. The SMILES string of the molecule is Clc1ccccc1.c1ccnnc1.c1cscn1. The van der Waals surface area contributed by atoms with Gasteiger partial charge in [-0.1, -0.05) is 29.8 Å². The highest BCUT2D eigenvalue weighted by Gasteiger charge is 1.74. The highest BCUT2D eigenvalue weighted by atomic mass is 35.5. The first kappa shape index (κ1) is 14.3. The van der Waals surface area contributed by atoms with Crippen molar-refractivity contribution in [2.45, 2.75) is 0 Å². The topological polar surface area (TPSA) is 38.7 Å². The Morgan fingerprint density at radius 3 is 1.72 bits per heavy atom. The number of hydrogen-bond acceptors (Lipinski definition) is 4. The van der Waals surface area contributed by atoms with Gasteiger partial charge in [-0.05, 0) is 24.3 Å². The molecule has 0 amide bonds. The van der Waals surface area contributed by atoms with Crippen LogP contribution in [0.4, 0.5) is 0 Å². The van der Waals surface area contributed by atoms with Gasteiger partial charge in [0, 0.05) is 29.0 Å². The van der Waals surface area contributed by atoms with Crippen LogP contribution in [-0.4, -0.2) is 15.2 Å². The van der Waals surface area contributed by atoms with E-state index in [1.165, 1.54) is 0 Å². The van der Waals surface area contributed by atoms with Crippen LogP contribution in [0.5, 0.6) is 0 Å². The molecule has 0 saturated heterocycles. The van der Waals surface area contributed by atoms with Gasteiger partial charge in [0.2, 0.25) is 0 Å². The first-order valence-electron chi connectivity index (χ1n) is 5.14. The smallest absolute Gasteiger partial charge is 0.0791 e. The average Bonchev–Trinajstić information content (AvgIpc) is 3.01. The maximum absolute atomic E-state index is 5.54. The van der Waals surface area contributed by atoms with Crippen LogP contribution >= 0.6 is 22.9 Å². The Kier molecular flexibility index (Phi) is 8.23. The zero-order valence-corrected chi connectivity index (χ0v) is 11.1. The lowest BCUT2D eigenvalue weighted by molar-refractivity contribution is 1.03. The number of nitrogens with zero attached hydrogens (tertiary/aromatic N) is 3. The van der Waals surface area contributed by atoms with Crippen molar-refractivity contribution in [3.05, 3.63) is 77.0 Å². The highest BCUT2D eigenvalue weighted by Crippen LogP contribution is 2.03. The summed E-state index contributed by atoms with van der Waals surface area (Å²) >= 11 is 7.14. The fourth-order valence-electron chi connectivity index (χ4n) is 0.844. The van der Waals surface area contributed by atoms with Crippen molar-refractivity contribution >= 4 is 22.9 Å². The first-order valence-corrected chi connectivity index (χ1v) is 6.46. The Morgan fingerprint density at radius 1 is 0.833 bits per heavy atom. The summed E-state index contributed by atoms with van der Waals surface area (Å²) in [5.41, 5.74) is 1.79. The monoisotopic (exact) mass is 277 g/mol. The van der Waals surface area contributed by atoms with Crippen LogP contribution in [0.1, 0.15) is 0 Å². The van der Waals surface area contributed by atoms with Crippen LogP contribution in [0.2, 0.25) is 5.02 Å². The van der Waals surface area contributed by atoms with Crippen LogP contribution in [0, 0.1) is 0 Å². The lowest BCUT2D eigenvalue weighted by Crippen LogP contribution is -1.69. The van der Waals surface area contributed by atoms with E-state index in [2.05, 4.69) is 15.2 Å². The predicted octanol–water partition coefficient (Wildman–Crippen LogP) is 3.96. The van der Waals surface area contributed by atoms with Crippen molar-refractivity contribution in [1.29, 1.82) is 0 Å². The van der Waals surface area contributed by atoms with E-state index in [0.717, 1.165) is 5.02 Å². The van der Waals surface area contributed by atoms with Crippen molar-refractivity contribution in [2.75, 3.05) is 0 Å². The molecule has 1 aromatic carbocycles. The molecule has 5 heteroatoms. The van der Waals surface area contributed by atoms with Crippen LogP contribution in [0.25, 0.3) is 0 Å². The summed E-state index contributed by atoms with van der Waals surface area (Å²) in [4.78, 5) is 3.74. The molecule has 0 fully saturated rings. The molecule has 3 rings (SSSR count). The Bertz CT molecular complexity index is 430. The van der Waals surface area contributed by atoms with E-state index >= 15 is 0 Å². The minimum absolute atomic E-state index is 0.794. The van der Waals surface area contributed by atoms with Gasteiger partial charge in [0.1, 0.15) is 0 Å². The van der Waals surface area contributed by atoms with E-state index in [4.69, 9.17) is 11.6 Å². The van der Waals surface area contributed by atoms with Crippen molar-refractivity contribution in [1.82, 2.24) is 15.2 Å². The van der Waals surface area contributed by atoms with Gasteiger partial charge in [-0.2, -0.15) is 10.2 Å². The highest BCUT2D eigenvalue weighted by molar-refractivity contribution is 7.07. The molecule has 2 heterocycles. The number of halogens is 1. The van der Waals surface area contributed by atoms with E-state index in [1.807, 2.05) is 47.8 Å². The minimum atomic E-state index is 0.794. The van der Waals surface area contributed by atoms with Crippen LogP contribution in [0.15, 0.2) is 71.9 Å².